The molecule has 4 nitrogen and oxygen atoms in total. The molecule has 0 bridgehead atoms. The fourth-order valence-corrected chi connectivity index (χ4v) is 1.38. The van der Waals surface area contributed by atoms with Crippen molar-refractivity contribution in [1.82, 2.24) is 4.98 Å². The molecule has 2 aromatic rings. The van der Waals surface area contributed by atoms with E-state index in [0.29, 0.717) is 11.5 Å². The van der Waals surface area contributed by atoms with Crippen molar-refractivity contribution in [2.75, 3.05) is 6.61 Å². The number of ether oxygens (including phenoxy) is 1. The van der Waals surface area contributed by atoms with E-state index in [0.717, 1.165) is 5.56 Å². The first-order chi connectivity index (χ1) is 8.40. The maximum atomic E-state index is 8.95. The minimum Gasteiger partial charge on any atom is -0.486 e. The SMILES string of the molecule is ON=C(COc1cccnc1)c1ccccc1. The highest BCUT2D eigenvalue weighted by molar-refractivity contribution is 6.01. The van der Waals surface area contributed by atoms with Crippen molar-refractivity contribution in [3.05, 3.63) is 60.4 Å². The molecular weight excluding hydrogens is 216 g/mol. The monoisotopic (exact) mass is 228 g/mol. The number of aromatic nitrogens is 1. The minimum absolute atomic E-state index is 0.201. The van der Waals surface area contributed by atoms with E-state index in [1.807, 2.05) is 30.3 Å². The Bertz CT molecular complexity index is 483. The average molecular weight is 228 g/mol. The number of rotatable bonds is 4. The molecule has 0 fully saturated rings. The van der Waals surface area contributed by atoms with E-state index >= 15 is 0 Å². The maximum absolute atomic E-state index is 8.95. The van der Waals surface area contributed by atoms with E-state index in [1.54, 1.807) is 24.5 Å². The zero-order valence-electron chi connectivity index (χ0n) is 9.15. The van der Waals surface area contributed by atoms with Gasteiger partial charge in [-0.25, -0.2) is 0 Å². The van der Waals surface area contributed by atoms with Crippen LogP contribution in [0, 0.1) is 0 Å². The van der Waals surface area contributed by atoms with Crippen LogP contribution in [0.5, 0.6) is 5.75 Å². The fraction of sp³-hybridized carbons (Fsp3) is 0.0769. The molecule has 0 saturated carbocycles. The van der Waals surface area contributed by atoms with Crippen molar-refractivity contribution in [2.24, 2.45) is 5.16 Å². The second kappa shape index (κ2) is 5.65. The summed E-state index contributed by atoms with van der Waals surface area (Å²) in [6, 6.07) is 13.0. The number of nitrogens with zero attached hydrogens (tertiary/aromatic N) is 2. The molecule has 0 unspecified atom stereocenters. The van der Waals surface area contributed by atoms with Gasteiger partial charge in [0.1, 0.15) is 18.1 Å². The summed E-state index contributed by atoms with van der Waals surface area (Å²) in [6.07, 6.45) is 3.28. The van der Waals surface area contributed by atoms with Gasteiger partial charge in [-0.1, -0.05) is 35.5 Å². The highest BCUT2D eigenvalue weighted by atomic mass is 16.5. The Balaban J connectivity index is 2.03. The van der Waals surface area contributed by atoms with Gasteiger partial charge in [0.25, 0.3) is 0 Å². The maximum Gasteiger partial charge on any atom is 0.138 e. The van der Waals surface area contributed by atoms with Crippen molar-refractivity contribution in [3.8, 4) is 5.75 Å². The van der Waals surface area contributed by atoms with Crippen LogP contribution < -0.4 is 4.74 Å². The molecule has 1 aromatic carbocycles. The Morgan fingerprint density at radius 1 is 1.18 bits per heavy atom. The Labute approximate surface area is 99.2 Å². The van der Waals surface area contributed by atoms with Gasteiger partial charge >= 0.3 is 0 Å². The molecule has 1 N–H and O–H groups in total. The summed E-state index contributed by atoms with van der Waals surface area (Å²) < 4.78 is 5.46. The van der Waals surface area contributed by atoms with Gasteiger partial charge in [0, 0.05) is 11.8 Å². The Morgan fingerprint density at radius 3 is 2.65 bits per heavy atom. The van der Waals surface area contributed by atoms with Gasteiger partial charge in [-0.05, 0) is 12.1 Å². The first-order valence-electron chi connectivity index (χ1n) is 5.19. The topological polar surface area (TPSA) is 54.7 Å². The summed E-state index contributed by atoms with van der Waals surface area (Å²) >= 11 is 0. The van der Waals surface area contributed by atoms with E-state index < -0.39 is 0 Å². The molecule has 0 amide bonds. The molecule has 0 aliphatic heterocycles. The second-order valence-corrected chi connectivity index (χ2v) is 3.39. The van der Waals surface area contributed by atoms with E-state index in [2.05, 4.69) is 10.1 Å². The van der Waals surface area contributed by atoms with Crippen LogP contribution in [-0.4, -0.2) is 22.5 Å². The minimum atomic E-state index is 0.201. The molecule has 0 aliphatic carbocycles. The number of hydrogen-bond donors (Lipinski definition) is 1. The van der Waals surface area contributed by atoms with Crippen molar-refractivity contribution < 1.29 is 9.94 Å². The molecule has 2 rings (SSSR count). The smallest absolute Gasteiger partial charge is 0.138 e. The first kappa shape index (κ1) is 11.1. The van der Waals surface area contributed by atoms with Gasteiger partial charge < -0.3 is 9.94 Å². The lowest BCUT2D eigenvalue weighted by molar-refractivity contribution is 0.308. The third-order valence-corrected chi connectivity index (χ3v) is 2.24. The van der Waals surface area contributed by atoms with Crippen LogP contribution in [-0.2, 0) is 0 Å². The van der Waals surface area contributed by atoms with E-state index in [4.69, 9.17) is 9.94 Å². The highest BCUT2D eigenvalue weighted by Crippen LogP contribution is 2.08. The third kappa shape index (κ3) is 3.04. The second-order valence-electron chi connectivity index (χ2n) is 3.39. The third-order valence-electron chi connectivity index (χ3n) is 2.24. The molecule has 1 aromatic heterocycles. The van der Waals surface area contributed by atoms with E-state index in [-0.39, 0.29) is 6.61 Å². The van der Waals surface area contributed by atoms with Gasteiger partial charge in [0.05, 0.1) is 6.20 Å². The Hall–Kier alpha value is -2.36. The Kier molecular flexibility index (Phi) is 3.70. The summed E-state index contributed by atoms with van der Waals surface area (Å²) in [5.41, 5.74) is 1.31. The van der Waals surface area contributed by atoms with Crippen molar-refractivity contribution in [2.45, 2.75) is 0 Å². The van der Waals surface area contributed by atoms with Gasteiger partial charge in [-0.2, -0.15) is 0 Å². The first-order valence-corrected chi connectivity index (χ1v) is 5.19. The van der Waals surface area contributed by atoms with Gasteiger partial charge in [0.2, 0.25) is 0 Å². The predicted molar refractivity (Wildman–Crippen MR) is 64.5 cm³/mol. The van der Waals surface area contributed by atoms with E-state index in [9.17, 15) is 0 Å². The van der Waals surface area contributed by atoms with Crippen molar-refractivity contribution >= 4 is 5.71 Å². The van der Waals surface area contributed by atoms with Crippen LogP contribution >= 0.6 is 0 Å². The lowest BCUT2D eigenvalue weighted by Gasteiger charge is -2.07. The lowest BCUT2D eigenvalue weighted by Crippen LogP contribution is -2.13. The summed E-state index contributed by atoms with van der Waals surface area (Å²) in [4.78, 5) is 3.93. The molecule has 17 heavy (non-hydrogen) atoms. The standard InChI is InChI=1S/C13H12N2O2/c16-15-13(11-5-2-1-3-6-11)10-17-12-7-4-8-14-9-12/h1-9,16H,10H2. The number of pyridine rings is 1. The molecule has 1 heterocycles. The van der Waals surface area contributed by atoms with Crippen LogP contribution in [0.25, 0.3) is 0 Å². The number of hydrogen-bond acceptors (Lipinski definition) is 4. The Morgan fingerprint density at radius 2 is 2.00 bits per heavy atom. The van der Waals surface area contributed by atoms with Gasteiger partial charge in [0.15, 0.2) is 0 Å². The zero-order valence-corrected chi connectivity index (χ0v) is 9.15. The molecule has 4 heteroatoms. The highest BCUT2D eigenvalue weighted by Gasteiger charge is 2.04. The zero-order chi connectivity index (χ0) is 11.9. The van der Waals surface area contributed by atoms with Crippen LogP contribution in [0.1, 0.15) is 5.56 Å². The quantitative estimate of drug-likeness (QED) is 0.496. The molecular formula is C13H12N2O2. The average Bonchev–Trinajstić information content (AvgIpc) is 2.42. The summed E-state index contributed by atoms with van der Waals surface area (Å²) in [7, 11) is 0. The van der Waals surface area contributed by atoms with Crippen LogP contribution in [0.15, 0.2) is 60.0 Å². The van der Waals surface area contributed by atoms with Crippen LogP contribution in [0.4, 0.5) is 0 Å². The van der Waals surface area contributed by atoms with Crippen molar-refractivity contribution in [3.63, 3.8) is 0 Å². The number of benzene rings is 1. The van der Waals surface area contributed by atoms with Crippen LogP contribution in [0.3, 0.4) is 0 Å². The van der Waals surface area contributed by atoms with Gasteiger partial charge in [-0.3, -0.25) is 4.98 Å². The molecule has 0 saturated heterocycles. The lowest BCUT2D eigenvalue weighted by atomic mass is 10.1. The summed E-state index contributed by atoms with van der Waals surface area (Å²) in [5.74, 6) is 0.643. The largest absolute Gasteiger partial charge is 0.486 e. The fourth-order valence-electron chi connectivity index (χ4n) is 1.38. The summed E-state index contributed by atoms with van der Waals surface area (Å²) in [5, 5.41) is 12.2. The van der Waals surface area contributed by atoms with Crippen molar-refractivity contribution in [1.29, 1.82) is 0 Å². The summed E-state index contributed by atoms with van der Waals surface area (Å²) in [6.45, 7) is 0.201. The van der Waals surface area contributed by atoms with Gasteiger partial charge in [-0.15, -0.1) is 0 Å². The molecule has 0 spiro atoms. The number of oxime groups is 1. The molecule has 86 valence electrons. The molecule has 0 atom stereocenters. The van der Waals surface area contributed by atoms with E-state index in [1.165, 1.54) is 0 Å². The predicted octanol–water partition coefficient (Wildman–Crippen LogP) is 2.34. The molecule has 0 radical (unpaired) electrons. The molecule has 0 aliphatic rings. The normalized spacial score (nSPS) is 11.2. The van der Waals surface area contributed by atoms with Crippen LogP contribution in [0.2, 0.25) is 0 Å².